The molecule has 2 aromatic rings. The number of hydrogen-bond acceptors (Lipinski definition) is 6. The summed E-state index contributed by atoms with van der Waals surface area (Å²) in [6.07, 6.45) is 9.35. The second-order valence-corrected chi connectivity index (χ2v) is 10.1. The third kappa shape index (κ3) is 8.22. The Morgan fingerprint density at radius 3 is 2.67 bits per heavy atom. The van der Waals surface area contributed by atoms with E-state index in [0.29, 0.717) is 13.0 Å². The molecule has 2 rings (SSSR count). The minimum atomic E-state index is -0.442. The molecular formula is C26H38N3O2PS. The molecule has 0 bridgehead atoms. The van der Waals surface area contributed by atoms with Gasteiger partial charge >= 0.3 is 0 Å². The van der Waals surface area contributed by atoms with Crippen LogP contribution in [0.25, 0.3) is 5.57 Å². The van der Waals surface area contributed by atoms with Crippen LogP contribution in [0.4, 0.5) is 0 Å². The van der Waals surface area contributed by atoms with Crippen molar-refractivity contribution in [3.63, 3.8) is 0 Å². The van der Waals surface area contributed by atoms with E-state index in [1.165, 1.54) is 4.88 Å². The fourth-order valence-corrected chi connectivity index (χ4v) is 4.89. The van der Waals surface area contributed by atoms with Crippen molar-refractivity contribution in [3.05, 3.63) is 57.2 Å². The third-order valence-electron chi connectivity index (χ3n) is 5.28. The molecule has 0 aromatic carbocycles. The first-order chi connectivity index (χ1) is 15.7. The van der Waals surface area contributed by atoms with Crippen molar-refractivity contribution in [2.75, 3.05) is 0 Å². The summed E-state index contributed by atoms with van der Waals surface area (Å²) < 4.78 is 5.80. The number of carbonyl (C=O) groups excluding carboxylic acids is 1. The van der Waals surface area contributed by atoms with E-state index < -0.39 is 6.10 Å². The zero-order valence-corrected chi connectivity index (χ0v) is 22.9. The summed E-state index contributed by atoms with van der Waals surface area (Å²) in [5.74, 6) is 0.0395. The van der Waals surface area contributed by atoms with Crippen LogP contribution in [0, 0.1) is 6.92 Å². The Labute approximate surface area is 205 Å². The fourth-order valence-electron chi connectivity index (χ4n) is 3.48. The fraction of sp³-hybridized carbons (Fsp3) is 0.500. The molecule has 0 fully saturated rings. The molecule has 180 valence electrons. The van der Waals surface area contributed by atoms with Crippen molar-refractivity contribution in [2.45, 2.75) is 86.1 Å². The van der Waals surface area contributed by atoms with Gasteiger partial charge in [-0.2, -0.15) is 0 Å². The summed E-state index contributed by atoms with van der Waals surface area (Å²) in [6.45, 7) is 14.6. The molecule has 1 N–H and O–H groups in total. The first-order valence-electron chi connectivity index (χ1n) is 11.6. The summed E-state index contributed by atoms with van der Waals surface area (Å²) in [7, 11) is 2.71. The average molecular weight is 488 g/mol. The number of thiazole rings is 1. The number of aryl methyl sites for hydroxylation is 1. The number of nitrogens with one attached hydrogen (secondary N) is 1. The van der Waals surface area contributed by atoms with Crippen LogP contribution in [-0.4, -0.2) is 28.0 Å². The van der Waals surface area contributed by atoms with E-state index in [4.69, 9.17) is 9.72 Å². The zero-order valence-electron chi connectivity index (χ0n) is 20.9. The first kappa shape index (κ1) is 27.5. The van der Waals surface area contributed by atoms with Gasteiger partial charge in [0.05, 0.1) is 17.2 Å². The molecule has 0 aliphatic carbocycles. The van der Waals surface area contributed by atoms with Crippen molar-refractivity contribution in [1.29, 1.82) is 0 Å². The van der Waals surface area contributed by atoms with Crippen LogP contribution in [0.5, 0.6) is 0 Å². The summed E-state index contributed by atoms with van der Waals surface area (Å²) in [5, 5.41) is 4.68. The minimum Gasteiger partial charge on any atom is -0.367 e. The molecule has 0 saturated carbocycles. The smallest absolute Gasteiger partial charge is 0.158 e. The van der Waals surface area contributed by atoms with Crippen LogP contribution in [0.3, 0.4) is 0 Å². The Morgan fingerprint density at radius 1 is 1.33 bits per heavy atom. The first-order valence-corrected chi connectivity index (χ1v) is 13.0. The Balaban J connectivity index is 2.12. The van der Waals surface area contributed by atoms with Crippen molar-refractivity contribution in [1.82, 2.24) is 15.3 Å². The van der Waals surface area contributed by atoms with Gasteiger partial charge in [-0.15, -0.1) is 11.3 Å². The number of ketones is 1. The van der Waals surface area contributed by atoms with Gasteiger partial charge in [-0.1, -0.05) is 40.5 Å². The molecule has 33 heavy (non-hydrogen) atoms. The Kier molecular flexibility index (Phi) is 11.0. The molecular weight excluding hydrogens is 449 g/mol. The molecule has 5 nitrogen and oxygen atoms in total. The van der Waals surface area contributed by atoms with Crippen LogP contribution in [0.1, 0.15) is 80.7 Å². The average Bonchev–Trinajstić information content (AvgIpc) is 3.15. The minimum absolute atomic E-state index is 0.00270. The van der Waals surface area contributed by atoms with Crippen molar-refractivity contribution < 1.29 is 9.53 Å². The maximum atomic E-state index is 12.0. The van der Waals surface area contributed by atoms with Crippen molar-refractivity contribution in [2.24, 2.45) is 0 Å². The zero-order chi connectivity index (χ0) is 24.5. The summed E-state index contributed by atoms with van der Waals surface area (Å²) in [6, 6.07) is 2.28. The molecule has 0 aliphatic rings. The van der Waals surface area contributed by atoms with E-state index in [1.807, 2.05) is 20.0 Å². The van der Waals surface area contributed by atoms with E-state index >= 15 is 0 Å². The predicted molar refractivity (Wildman–Crippen MR) is 143 cm³/mol. The lowest BCUT2D eigenvalue weighted by atomic mass is 10.1. The van der Waals surface area contributed by atoms with Crippen molar-refractivity contribution in [3.8, 4) is 0 Å². The molecule has 2 aromatic heterocycles. The molecule has 3 unspecified atom stereocenters. The summed E-state index contributed by atoms with van der Waals surface area (Å²) in [4.78, 5) is 22.6. The summed E-state index contributed by atoms with van der Waals surface area (Å²) >= 11 is 1.74. The number of aromatic nitrogens is 2. The topological polar surface area (TPSA) is 64.1 Å². The Hall–Kier alpha value is -1.72. The highest BCUT2D eigenvalue weighted by atomic mass is 32.1. The van der Waals surface area contributed by atoms with Gasteiger partial charge in [-0.3, -0.25) is 9.78 Å². The molecule has 0 radical (unpaired) electrons. The van der Waals surface area contributed by atoms with Gasteiger partial charge in [-0.05, 0) is 59.1 Å². The van der Waals surface area contributed by atoms with Crippen LogP contribution >= 0.6 is 20.6 Å². The highest BCUT2D eigenvalue weighted by Gasteiger charge is 2.19. The quantitative estimate of drug-likeness (QED) is 0.317. The van der Waals surface area contributed by atoms with Crippen LogP contribution in [-0.2, 0) is 22.5 Å². The second kappa shape index (κ2) is 13.2. The number of carbonyl (C=O) groups is 1. The number of hydrogen-bond donors (Lipinski definition) is 1. The number of allylic oxidation sites excluding steroid dienone is 4. The third-order valence-corrected chi connectivity index (χ3v) is 7.19. The van der Waals surface area contributed by atoms with E-state index in [1.54, 1.807) is 18.3 Å². The van der Waals surface area contributed by atoms with Gasteiger partial charge in [-0.25, -0.2) is 4.98 Å². The molecule has 0 spiro atoms. The molecule has 0 amide bonds. The highest BCUT2D eigenvalue weighted by molar-refractivity contribution is 7.27. The number of rotatable bonds is 12. The SMILES string of the molecule is C/C=C(\C=C/CC)c1nc(C)c(C(C)NCc2cc(CC(OC(C)C)C(C)=O)cnc2P)s1. The molecule has 0 aliphatic heterocycles. The van der Waals surface area contributed by atoms with Gasteiger partial charge in [0, 0.05) is 35.7 Å². The number of Topliss-reactive ketones (excluding diaryl/α,β-unsaturated/α-hetero) is 1. The number of ether oxygens (including phenoxy) is 1. The van der Waals surface area contributed by atoms with Crippen LogP contribution in [0.2, 0.25) is 0 Å². The molecule has 7 heteroatoms. The summed E-state index contributed by atoms with van der Waals surface area (Å²) in [5.41, 5.74) is 5.23. The van der Waals surface area contributed by atoms with Crippen molar-refractivity contribution >= 4 is 37.4 Å². The van der Waals surface area contributed by atoms with Gasteiger partial charge in [0.15, 0.2) is 5.78 Å². The second-order valence-electron chi connectivity index (χ2n) is 8.50. The standard InChI is InChI=1S/C26H38N3O2PS/c1-8-10-11-21(9-2)26-29-18(6)24(33-26)17(5)27-15-22-12-20(14-28-25(22)32)13-23(19(7)30)31-16(3)4/h9-12,14,16-17,23,27H,8,13,15,32H2,1-7H3/b11-10-,21-9+. The lowest BCUT2D eigenvalue weighted by Gasteiger charge is -2.19. The number of nitrogens with zero attached hydrogens (tertiary/aromatic N) is 2. The lowest BCUT2D eigenvalue weighted by molar-refractivity contribution is -0.130. The highest BCUT2D eigenvalue weighted by Crippen LogP contribution is 2.30. The molecule has 2 heterocycles. The maximum absolute atomic E-state index is 12.0. The van der Waals surface area contributed by atoms with Gasteiger partial charge in [0.1, 0.15) is 11.1 Å². The van der Waals surface area contributed by atoms with Crippen LogP contribution in [0.15, 0.2) is 30.5 Å². The van der Waals surface area contributed by atoms with E-state index in [0.717, 1.165) is 39.3 Å². The molecule has 3 atom stereocenters. The van der Waals surface area contributed by atoms with Crippen LogP contribution < -0.4 is 10.8 Å². The Bertz CT molecular complexity index is 997. The predicted octanol–water partition coefficient (Wildman–Crippen LogP) is 5.49. The van der Waals surface area contributed by atoms with E-state index in [2.05, 4.69) is 71.5 Å². The monoisotopic (exact) mass is 487 g/mol. The number of pyridine rings is 1. The maximum Gasteiger partial charge on any atom is 0.158 e. The van der Waals surface area contributed by atoms with E-state index in [-0.39, 0.29) is 17.9 Å². The van der Waals surface area contributed by atoms with Gasteiger partial charge < -0.3 is 10.1 Å². The molecule has 0 saturated heterocycles. The van der Waals surface area contributed by atoms with Gasteiger partial charge in [0.2, 0.25) is 0 Å². The Morgan fingerprint density at radius 2 is 2.06 bits per heavy atom. The lowest BCUT2D eigenvalue weighted by Crippen LogP contribution is -2.28. The van der Waals surface area contributed by atoms with E-state index in [9.17, 15) is 4.79 Å². The van der Waals surface area contributed by atoms with Gasteiger partial charge in [0.25, 0.3) is 0 Å². The largest absolute Gasteiger partial charge is 0.367 e. The normalized spacial score (nSPS) is 14.3.